The predicted octanol–water partition coefficient (Wildman–Crippen LogP) is 5.28. The van der Waals surface area contributed by atoms with E-state index in [4.69, 9.17) is 14.3 Å². The molecule has 0 saturated heterocycles. The van der Waals surface area contributed by atoms with E-state index < -0.39 is 53.0 Å². The summed E-state index contributed by atoms with van der Waals surface area (Å²) >= 11 is 0. The van der Waals surface area contributed by atoms with Crippen LogP contribution in [0.3, 0.4) is 0 Å². The number of nitrogens with one attached hydrogen (secondary N) is 2. The van der Waals surface area contributed by atoms with Gasteiger partial charge in [0.2, 0.25) is 11.8 Å². The summed E-state index contributed by atoms with van der Waals surface area (Å²) in [7, 11) is 0. The molecule has 2 aromatic rings. The molecule has 48 heavy (non-hydrogen) atoms. The Hall–Kier alpha value is -4.67. The van der Waals surface area contributed by atoms with E-state index in [1.54, 1.807) is 27.7 Å². The molecule has 1 heterocycles. The number of allylic oxidation sites excluding steroid dienone is 1. The maximum Gasteiger partial charge on any atom is 0.426 e. The van der Waals surface area contributed by atoms with E-state index in [-0.39, 0.29) is 31.9 Å². The van der Waals surface area contributed by atoms with Crippen LogP contribution in [0, 0.1) is 17.8 Å². The fourth-order valence-electron chi connectivity index (χ4n) is 7.01. The Morgan fingerprint density at radius 1 is 0.979 bits per heavy atom. The first-order chi connectivity index (χ1) is 23.0. The molecule has 0 bridgehead atoms. The zero-order valence-corrected chi connectivity index (χ0v) is 28.0. The van der Waals surface area contributed by atoms with Gasteiger partial charge in [0.1, 0.15) is 23.0 Å². The summed E-state index contributed by atoms with van der Waals surface area (Å²) < 4.78 is 10.8. The second-order valence-electron chi connectivity index (χ2n) is 14.0. The fraction of sp³-hybridized carbons (Fsp3) is 0.486. The van der Waals surface area contributed by atoms with Crippen LogP contribution in [0.4, 0.5) is 4.79 Å². The first-order valence-corrected chi connectivity index (χ1v) is 16.9. The summed E-state index contributed by atoms with van der Waals surface area (Å²) in [5, 5.41) is 8.88. The van der Waals surface area contributed by atoms with E-state index in [1.165, 1.54) is 5.01 Å². The van der Waals surface area contributed by atoms with Crippen molar-refractivity contribution in [3.8, 4) is 11.1 Å². The Kier molecular flexibility index (Phi) is 9.31. The highest BCUT2D eigenvalue weighted by atomic mass is 16.6. The van der Waals surface area contributed by atoms with Crippen molar-refractivity contribution in [1.29, 1.82) is 0 Å². The Morgan fingerprint density at radius 2 is 1.62 bits per heavy atom. The molecular formula is C37H44N4O7. The van der Waals surface area contributed by atoms with Crippen LogP contribution in [0.2, 0.25) is 0 Å². The highest BCUT2D eigenvalue weighted by molar-refractivity contribution is 6.24. The minimum Gasteiger partial charge on any atom is -0.464 e. The van der Waals surface area contributed by atoms with Gasteiger partial charge in [-0.15, -0.1) is 0 Å². The maximum atomic E-state index is 14.3. The standard InChI is InChI=1S/C37H44N4O7/c1-5-46-34(44)37-22-23(37)14-8-6-7-13-19-41(39-35(45)47-36(2,3)4)33(43)30-21-24(20-29(30)32(42)38-37)48-40-31-27-17-11-9-15-25(27)26-16-10-12-18-28(26)31/h8-12,14-18,23-24,29-30H,5-7,13,19-22H2,1-4H3,(H,38,42)(H,39,45)/t23-,24-,29-,30-,37-/m1/s1. The van der Waals surface area contributed by atoms with Crippen molar-refractivity contribution in [2.45, 2.75) is 83.5 Å². The zero-order chi connectivity index (χ0) is 34.1. The number of carbonyl (C=O) groups is 4. The minimum atomic E-state index is -1.17. The lowest BCUT2D eigenvalue weighted by Crippen LogP contribution is -2.53. The third-order valence-corrected chi connectivity index (χ3v) is 9.38. The van der Waals surface area contributed by atoms with E-state index in [2.05, 4.69) is 15.9 Å². The SMILES string of the molecule is CCOC(=O)[C@@]12C[C@H]1C=CCCCCN(NC(=O)OC(C)(C)C)C(=O)[C@@H]1C[C@H](ON=C3c4ccccc4-c4ccccc43)C[C@H]1C(=O)N2. The van der Waals surface area contributed by atoms with Crippen LogP contribution < -0.4 is 10.7 Å². The number of amides is 3. The van der Waals surface area contributed by atoms with Crippen molar-refractivity contribution in [2.24, 2.45) is 22.9 Å². The number of hydrogen-bond donors (Lipinski definition) is 2. The molecule has 2 aromatic carbocycles. The monoisotopic (exact) mass is 656 g/mol. The highest BCUT2D eigenvalue weighted by Gasteiger charge is 2.62. The molecule has 254 valence electrons. The van der Waals surface area contributed by atoms with Gasteiger partial charge < -0.3 is 19.6 Å². The molecule has 2 N–H and O–H groups in total. The van der Waals surface area contributed by atoms with E-state index in [1.807, 2.05) is 60.7 Å². The number of ether oxygens (including phenoxy) is 2. The first kappa shape index (κ1) is 33.2. The Labute approximate surface area is 281 Å². The van der Waals surface area contributed by atoms with Gasteiger partial charge in [0.05, 0.1) is 18.4 Å². The van der Waals surface area contributed by atoms with Crippen LogP contribution in [-0.4, -0.2) is 65.0 Å². The van der Waals surface area contributed by atoms with Crippen molar-refractivity contribution < 1.29 is 33.5 Å². The van der Waals surface area contributed by atoms with Crippen LogP contribution in [0.5, 0.6) is 0 Å². The summed E-state index contributed by atoms with van der Waals surface area (Å²) in [5.41, 5.74) is 5.40. The molecule has 11 nitrogen and oxygen atoms in total. The lowest BCUT2D eigenvalue weighted by molar-refractivity contribution is -0.150. The van der Waals surface area contributed by atoms with E-state index in [9.17, 15) is 19.2 Å². The van der Waals surface area contributed by atoms with Crippen molar-refractivity contribution in [3.63, 3.8) is 0 Å². The fourth-order valence-corrected chi connectivity index (χ4v) is 7.01. The van der Waals surface area contributed by atoms with Crippen LogP contribution in [0.15, 0.2) is 65.8 Å². The lowest BCUT2D eigenvalue weighted by atomic mass is 9.93. The Morgan fingerprint density at radius 3 is 2.27 bits per heavy atom. The third-order valence-electron chi connectivity index (χ3n) is 9.38. The molecule has 0 unspecified atom stereocenters. The quantitative estimate of drug-likeness (QED) is 0.217. The van der Waals surface area contributed by atoms with Crippen LogP contribution in [0.25, 0.3) is 11.1 Å². The number of carbonyl (C=O) groups excluding carboxylic acids is 4. The summed E-state index contributed by atoms with van der Waals surface area (Å²) in [6, 6.07) is 16.0. The number of hydrazine groups is 1. The van der Waals surface area contributed by atoms with Crippen molar-refractivity contribution in [2.75, 3.05) is 13.2 Å². The van der Waals surface area contributed by atoms with Gasteiger partial charge in [-0.1, -0.05) is 65.8 Å². The lowest BCUT2D eigenvalue weighted by Gasteiger charge is -2.30. The Balaban J connectivity index is 1.29. The molecule has 1 aliphatic heterocycles. The van der Waals surface area contributed by atoms with Gasteiger partial charge in [0.25, 0.3) is 0 Å². The van der Waals surface area contributed by atoms with Gasteiger partial charge >= 0.3 is 12.1 Å². The van der Waals surface area contributed by atoms with Crippen LogP contribution in [-0.2, 0) is 28.7 Å². The summed E-state index contributed by atoms with van der Waals surface area (Å²) in [4.78, 5) is 60.5. The number of fused-ring (bicyclic) bond motifs is 5. The van der Waals surface area contributed by atoms with Crippen molar-refractivity contribution in [3.05, 3.63) is 71.8 Å². The van der Waals surface area contributed by atoms with Crippen LogP contribution >= 0.6 is 0 Å². The van der Waals surface area contributed by atoms with E-state index >= 15 is 0 Å². The molecule has 11 heteroatoms. The largest absolute Gasteiger partial charge is 0.464 e. The van der Waals surface area contributed by atoms with Gasteiger partial charge in [-0.25, -0.2) is 15.0 Å². The molecule has 2 fully saturated rings. The minimum absolute atomic E-state index is 0.186. The van der Waals surface area contributed by atoms with Gasteiger partial charge in [0.15, 0.2) is 0 Å². The highest BCUT2D eigenvalue weighted by Crippen LogP contribution is 2.47. The Bertz CT molecular complexity index is 1600. The second-order valence-corrected chi connectivity index (χ2v) is 14.0. The number of nitrogens with zero attached hydrogens (tertiary/aromatic N) is 2. The summed E-state index contributed by atoms with van der Waals surface area (Å²) in [5.74, 6) is -3.20. The molecule has 3 amide bonds. The molecule has 3 aliphatic carbocycles. The number of benzene rings is 2. The third kappa shape index (κ3) is 6.81. The molecule has 0 radical (unpaired) electrons. The van der Waals surface area contributed by atoms with Gasteiger partial charge in [-0.05, 0) is 77.3 Å². The number of oxime groups is 1. The molecule has 2 saturated carbocycles. The number of esters is 1. The molecular weight excluding hydrogens is 612 g/mol. The normalized spacial score (nSPS) is 26.6. The smallest absolute Gasteiger partial charge is 0.426 e. The number of hydrogen-bond acceptors (Lipinski definition) is 8. The van der Waals surface area contributed by atoms with Gasteiger partial charge in [-0.2, -0.15) is 0 Å². The summed E-state index contributed by atoms with van der Waals surface area (Å²) in [6.07, 6.45) is 5.53. The van der Waals surface area contributed by atoms with Crippen molar-refractivity contribution >= 4 is 29.6 Å². The molecule has 5 atom stereocenters. The topological polar surface area (TPSA) is 136 Å². The molecule has 0 spiro atoms. The van der Waals surface area contributed by atoms with Crippen molar-refractivity contribution in [1.82, 2.24) is 15.8 Å². The molecule has 4 aliphatic rings. The number of rotatable bonds is 5. The molecule has 6 rings (SSSR count). The average molecular weight is 657 g/mol. The first-order valence-electron chi connectivity index (χ1n) is 16.9. The van der Waals surface area contributed by atoms with Gasteiger partial charge in [0, 0.05) is 23.6 Å². The summed E-state index contributed by atoms with van der Waals surface area (Å²) in [6.45, 7) is 7.40. The second kappa shape index (κ2) is 13.4. The van der Waals surface area contributed by atoms with Crippen LogP contribution in [0.1, 0.15) is 77.3 Å². The maximum absolute atomic E-state index is 14.3. The van der Waals surface area contributed by atoms with Gasteiger partial charge in [-0.3, -0.25) is 14.6 Å². The zero-order valence-electron chi connectivity index (χ0n) is 28.0. The average Bonchev–Trinajstić information content (AvgIpc) is 3.41. The predicted molar refractivity (Wildman–Crippen MR) is 178 cm³/mol. The molecule has 0 aromatic heterocycles. The van der Waals surface area contributed by atoms with E-state index in [0.29, 0.717) is 25.0 Å². The van der Waals surface area contributed by atoms with E-state index in [0.717, 1.165) is 28.7 Å².